The lowest BCUT2D eigenvalue weighted by molar-refractivity contribution is -0.137. The lowest BCUT2D eigenvalue weighted by atomic mass is 10.0. The zero-order valence-electron chi connectivity index (χ0n) is 21.0. The number of hydrogen-bond donors (Lipinski definition) is 3. The fourth-order valence-electron chi connectivity index (χ4n) is 4.02. The number of aryl methyl sites for hydroxylation is 1. The van der Waals surface area contributed by atoms with E-state index in [2.05, 4.69) is 27.9 Å². The van der Waals surface area contributed by atoms with E-state index in [1.807, 2.05) is 72.8 Å². The molecular weight excluding hydrogens is 502 g/mol. The molecule has 0 spiro atoms. The average molecular weight is 532 g/mol. The molecule has 0 saturated carbocycles. The summed E-state index contributed by atoms with van der Waals surface area (Å²) >= 11 is 0. The first kappa shape index (κ1) is 28.3. The number of carbonyl (C=O) groups is 3. The van der Waals surface area contributed by atoms with E-state index in [0.717, 1.165) is 17.7 Å². The summed E-state index contributed by atoms with van der Waals surface area (Å²) in [7, 11) is 0. The van der Waals surface area contributed by atoms with Crippen molar-refractivity contribution < 1.29 is 14.4 Å². The third kappa shape index (κ3) is 7.38. The first-order chi connectivity index (χ1) is 17.9. The van der Waals surface area contributed by atoms with E-state index < -0.39 is 23.6 Å². The van der Waals surface area contributed by atoms with Crippen molar-refractivity contribution in [1.82, 2.24) is 20.4 Å². The van der Waals surface area contributed by atoms with Gasteiger partial charge in [-0.2, -0.15) is 5.10 Å². The van der Waals surface area contributed by atoms with Crippen LogP contribution in [0.3, 0.4) is 0 Å². The van der Waals surface area contributed by atoms with Crippen molar-refractivity contribution in [1.29, 1.82) is 0 Å². The molecule has 1 heterocycles. The maximum absolute atomic E-state index is 13.2. The number of Topliss-reactive ketones (excluding diaryl/α,β-unsaturated/α-hetero) is 1. The Morgan fingerprint density at radius 1 is 0.842 bits per heavy atom. The van der Waals surface area contributed by atoms with E-state index in [1.54, 1.807) is 13.0 Å². The van der Waals surface area contributed by atoms with Crippen molar-refractivity contribution in [2.75, 3.05) is 0 Å². The molecule has 196 valence electrons. The molecule has 1 aromatic heterocycles. The van der Waals surface area contributed by atoms with Gasteiger partial charge in [-0.05, 0) is 41.8 Å². The summed E-state index contributed by atoms with van der Waals surface area (Å²) in [6.45, 7) is 3.24. The zero-order chi connectivity index (χ0) is 26.2. The van der Waals surface area contributed by atoms with Gasteiger partial charge < -0.3 is 16.4 Å². The average Bonchev–Trinajstić information content (AvgIpc) is 3.31. The molecule has 3 aromatic carbocycles. The molecule has 4 N–H and O–H groups in total. The molecule has 9 heteroatoms. The smallest absolute Gasteiger partial charge is 0.287 e. The Bertz CT molecular complexity index is 1370. The molecule has 8 nitrogen and oxygen atoms in total. The van der Waals surface area contributed by atoms with E-state index in [1.165, 1.54) is 10.2 Å². The molecule has 4 rings (SSSR count). The second-order valence-corrected chi connectivity index (χ2v) is 8.78. The lowest BCUT2D eigenvalue weighted by Gasteiger charge is -2.17. The Kier molecular flexibility index (Phi) is 9.92. The lowest BCUT2D eigenvalue weighted by Crippen LogP contribution is -2.47. The largest absolute Gasteiger partial charge is 0.363 e. The highest BCUT2D eigenvalue weighted by Crippen LogP contribution is 2.15. The van der Waals surface area contributed by atoms with Gasteiger partial charge in [0.05, 0.1) is 11.4 Å². The molecule has 1 atom stereocenters. The predicted octanol–water partition coefficient (Wildman–Crippen LogP) is 3.29. The summed E-state index contributed by atoms with van der Waals surface area (Å²) in [5, 5.41) is 10.6. The van der Waals surface area contributed by atoms with Crippen LogP contribution in [0.2, 0.25) is 0 Å². The summed E-state index contributed by atoms with van der Waals surface area (Å²) in [4.78, 5) is 37.3. The van der Waals surface area contributed by atoms with Gasteiger partial charge in [0.1, 0.15) is 11.7 Å². The Morgan fingerprint density at radius 2 is 1.39 bits per heavy atom. The SMILES string of the molecule is Cc1cc(C(=O)N[C@@H](Cc2ccccc2)C(=O)C(N)=O)n(-c2ccc(CNCc3ccccc3)cc2)n1.Cl. The second kappa shape index (κ2) is 13.3. The maximum Gasteiger partial charge on any atom is 0.287 e. The molecular formula is C29H30ClN5O3. The normalized spacial score (nSPS) is 11.3. The number of nitrogens with two attached hydrogens (primary N) is 1. The van der Waals surface area contributed by atoms with Gasteiger partial charge in [0.25, 0.3) is 11.8 Å². The van der Waals surface area contributed by atoms with Gasteiger partial charge in [0.15, 0.2) is 0 Å². The minimum atomic E-state index is -1.10. The van der Waals surface area contributed by atoms with Gasteiger partial charge in [0.2, 0.25) is 5.78 Å². The molecule has 0 unspecified atom stereocenters. The zero-order valence-corrected chi connectivity index (χ0v) is 21.8. The summed E-state index contributed by atoms with van der Waals surface area (Å²) in [6.07, 6.45) is 0.145. The van der Waals surface area contributed by atoms with Crippen molar-refractivity contribution >= 4 is 30.0 Å². The Hall–Kier alpha value is -4.27. The summed E-state index contributed by atoms with van der Waals surface area (Å²) in [5.41, 5.74) is 9.93. The highest BCUT2D eigenvalue weighted by atomic mass is 35.5. The summed E-state index contributed by atoms with van der Waals surface area (Å²) in [6, 6.07) is 27.6. The number of rotatable bonds is 11. The number of amides is 2. The number of ketones is 1. The van der Waals surface area contributed by atoms with Crippen LogP contribution < -0.4 is 16.4 Å². The first-order valence-corrected chi connectivity index (χ1v) is 12.0. The van der Waals surface area contributed by atoms with Crippen LogP contribution in [0.5, 0.6) is 0 Å². The van der Waals surface area contributed by atoms with E-state index in [9.17, 15) is 14.4 Å². The van der Waals surface area contributed by atoms with Crippen LogP contribution in [0.25, 0.3) is 5.69 Å². The highest BCUT2D eigenvalue weighted by molar-refractivity contribution is 6.38. The minimum absolute atomic E-state index is 0. The van der Waals surface area contributed by atoms with Gasteiger partial charge in [-0.15, -0.1) is 12.4 Å². The molecule has 0 radical (unpaired) electrons. The van der Waals surface area contributed by atoms with Crippen LogP contribution in [-0.2, 0) is 29.1 Å². The van der Waals surface area contributed by atoms with Crippen LogP contribution in [0.15, 0.2) is 91.0 Å². The van der Waals surface area contributed by atoms with Gasteiger partial charge in [-0.25, -0.2) is 4.68 Å². The molecule has 4 aromatic rings. The molecule has 0 bridgehead atoms. The Labute approximate surface area is 227 Å². The number of primary amides is 1. The van der Waals surface area contributed by atoms with Crippen molar-refractivity contribution in [3.8, 4) is 5.69 Å². The first-order valence-electron chi connectivity index (χ1n) is 12.0. The van der Waals surface area contributed by atoms with E-state index in [0.29, 0.717) is 17.9 Å². The molecule has 0 saturated heterocycles. The third-order valence-corrected chi connectivity index (χ3v) is 5.89. The highest BCUT2D eigenvalue weighted by Gasteiger charge is 2.27. The molecule has 0 aliphatic rings. The quantitative estimate of drug-likeness (QED) is 0.257. The topological polar surface area (TPSA) is 119 Å². The molecule has 2 amide bonds. The van der Waals surface area contributed by atoms with Gasteiger partial charge >= 0.3 is 0 Å². The number of halogens is 1. The van der Waals surface area contributed by atoms with Crippen LogP contribution in [0, 0.1) is 6.92 Å². The van der Waals surface area contributed by atoms with Crippen LogP contribution in [-0.4, -0.2) is 33.4 Å². The number of nitrogens with one attached hydrogen (secondary N) is 2. The second-order valence-electron chi connectivity index (χ2n) is 8.78. The Morgan fingerprint density at radius 3 is 1.97 bits per heavy atom. The number of aromatic nitrogens is 2. The molecule has 0 aliphatic heterocycles. The minimum Gasteiger partial charge on any atom is -0.363 e. The van der Waals surface area contributed by atoms with E-state index in [4.69, 9.17) is 5.73 Å². The molecule has 38 heavy (non-hydrogen) atoms. The van der Waals surface area contributed by atoms with E-state index in [-0.39, 0.29) is 24.5 Å². The number of benzene rings is 3. The fraction of sp³-hybridized carbons (Fsp3) is 0.172. The van der Waals surface area contributed by atoms with Crippen LogP contribution >= 0.6 is 12.4 Å². The van der Waals surface area contributed by atoms with Crippen LogP contribution in [0.1, 0.15) is 32.9 Å². The van der Waals surface area contributed by atoms with Crippen molar-refractivity contribution in [3.63, 3.8) is 0 Å². The van der Waals surface area contributed by atoms with Crippen molar-refractivity contribution in [3.05, 3.63) is 119 Å². The Balaban J connectivity index is 0.00000400. The van der Waals surface area contributed by atoms with Gasteiger partial charge in [-0.3, -0.25) is 14.4 Å². The third-order valence-electron chi connectivity index (χ3n) is 5.89. The van der Waals surface area contributed by atoms with Gasteiger partial charge in [0, 0.05) is 19.5 Å². The standard InChI is InChI=1S/C29H29N5O3.ClH/c1-20-16-26(29(37)32-25(27(35)28(30)36)17-21-8-4-2-5-9-21)34(33-20)24-14-12-23(13-15-24)19-31-18-22-10-6-3-7-11-22;/h2-16,25,31H,17-19H2,1H3,(H2,30,36)(H,32,37);1H/t25-;/m0./s1. The number of carbonyl (C=O) groups excluding carboxylic acids is 3. The molecule has 0 aliphatic carbocycles. The maximum atomic E-state index is 13.2. The number of hydrogen-bond acceptors (Lipinski definition) is 5. The number of nitrogens with zero attached hydrogens (tertiary/aromatic N) is 2. The van der Waals surface area contributed by atoms with Crippen molar-refractivity contribution in [2.24, 2.45) is 5.73 Å². The molecule has 0 fully saturated rings. The van der Waals surface area contributed by atoms with Crippen LogP contribution in [0.4, 0.5) is 0 Å². The summed E-state index contributed by atoms with van der Waals surface area (Å²) < 4.78 is 1.53. The predicted molar refractivity (Wildman–Crippen MR) is 148 cm³/mol. The van der Waals surface area contributed by atoms with Crippen molar-refractivity contribution in [2.45, 2.75) is 32.5 Å². The monoisotopic (exact) mass is 531 g/mol. The fourth-order valence-corrected chi connectivity index (χ4v) is 4.02. The van der Waals surface area contributed by atoms with E-state index >= 15 is 0 Å². The summed E-state index contributed by atoms with van der Waals surface area (Å²) in [5.74, 6) is -2.47. The van der Waals surface area contributed by atoms with Gasteiger partial charge in [-0.1, -0.05) is 72.8 Å².